The number of hydrogen-bond acceptors (Lipinski definition) is 4. The zero-order chi connectivity index (χ0) is 17.9. The largest absolute Gasteiger partial charge is 0.493 e. The van der Waals surface area contributed by atoms with Gasteiger partial charge in [0, 0.05) is 23.9 Å². The van der Waals surface area contributed by atoms with Gasteiger partial charge in [0.15, 0.2) is 17.3 Å². The van der Waals surface area contributed by atoms with Gasteiger partial charge in [0.05, 0.1) is 12.8 Å². The first-order valence-electron chi connectivity index (χ1n) is 7.19. The quantitative estimate of drug-likeness (QED) is 0.598. The molecule has 7 heteroatoms. The average molecular weight is 336 g/mol. The van der Waals surface area contributed by atoms with Crippen LogP contribution in [0.15, 0.2) is 24.3 Å². The summed E-state index contributed by atoms with van der Waals surface area (Å²) >= 11 is 0. The second-order valence-electron chi connectivity index (χ2n) is 5.15. The van der Waals surface area contributed by atoms with Crippen LogP contribution in [0.1, 0.15) is 27.3 Å². The van der Waals surface area contributed by atoms with Crippen molar-refractivity contribution >= 4 is 11.9 Å². The number of benzene rings is 1. The lowest BCUT2D eigenvalue weighted by Crippen LogP contribution is -2.04. The number of rotatable bonds is 6. The zero-order valence-corrected chi connectivity index (χ0v) is 13.8. The molecule has 1 heterocycles. The Morgan fingerprint density at radius 1 is 1.29 bits per heavy atom. The minimum atomic E-state index is -2.96. The number of allylic oxidation sites excluding steroid dienone is 1. The number of carbonyl (C=O) groups excluding carboxylic acids is 1. The van der Waals surface area contributed by atoms with Crippen LogP contribution in [-0.4, -0.2) is 29.3 Å². The molecule has 1 aromatic carbocycles. The lowest BCUT2D eigenvalue weighted by atomic mass is 10.1. The third-order valence-corrected chi connectivity index (χ3v) is 3.63. The van der Waals surface area contributed by atoms with E-state index in [1.165, 1.54) is 31.4 Å². The fourth-order valence-electron chi connectivity index (χ4n) is 2.30. The monoisotopic (exact) mass is 336 g/mol. The molecule has 0 saturated carbocycles. The second-order valence-corrected chi connectivity index (χ2v) is 5.15. The van der Waals surface area contributed by atoms with Gasteiger partial charge in [-0.1, -0.05) is 0 Å². The van der Waals surface area contributed by atoms with Crippen LogP contribution in [0.4, 0.5) is 8.78 Å². The Bertz CT molecular complexity index is 782. The van der Waals surface area contributed by atoms with E-state index in [9.17, 15) is 13.6 Å². The fourth-order valence-corrected chi connectivity index (χ4v) is 2.30. The van der Waals surface area contributed by atoms with E-state index in [4.69, 9.17) is 4.74 Å². The number of aromatic nitrogens is 2. The molecule has 0 aliphatic carbocycles. The van der Waals surface area contributed by atoms with Crippen molar-refractivity contribution in [3.05, 3.63) is 46.8 Å². The van der Waals surface area contributed by atoms with Crippen molar-refractivity contribution in [1.82, 2.24) is 9.78 Å². The van der Waals surface area contributed by atoms with Gasteiger partial charge in [-0.3, -0.25) is 9.48 Å². The summed E-state index contributed by atoms with van der Waals surface area (Å²) in [6.07, 6.45) is 3.11. The van der Waals surface area contributed by atoms with E-state index in [0.29, 0.717) is 5.56 Å². The minimum absolute atomic E-state index is 0.0725. The second kappa shape index (κ2) is 7.25. The van der Waals surface area contributed by atoms with Gasteiger partial charge in [0.2, 0.25) is 0 Å². The van der Waals surface area contributed by atoms with Crippen molar-refractivity contribution in [2.75, 3.05) is 7.11 Å². The van der Waals surface area contributed by atoms with Crippen LogP contribution >= 0.6 is 0 Å². The van der Waals surface area contributed by atoms with Crippen LogP contribution in [0.3, 0.4) is 0 Å². The molecular formula is C17H18F2N2O3. The summed E-state index contributed by atoms with van der Waals surface area (Å²) < 4.78 is 35.7. The molecule has 2 aromatic rings. The molecule has 0 N–H and O–H groups in total. The standard InChI is InChI=1S/C17H18F2N2O3/c1-10-13(11(2)21(3)20-10)6-7-14(22)12-5-8-15(24-17(18)19)16(9-12)23-4/h5-9,17H,1-4H3/b7-6+. The number of methoxy groups -OCH3 is 1. The zero-order valence-electron chi connectivity index (χ0n) is 13.8. The maximum atomic E-state index is 12.3. The van der Waals surface area contributed by atoms with Crippen molar-refractivity contribution in [1.29, 1.82) is 0 Å². The molecule has 0 fully saturated rings. The number of ether oxygens (including phenoxy) is 2. The van der Waals surface area contributed by atoms with Crippen molar-refractivity contribution in [3.8, 4) is 11.5 Å². The molecule has 0 aliphatic heterocycles. The molecule has 24 heavy (non-hydrogen) atoms. The molecule has 0 saturated heterocycles. The van der Waals surface area contributed by atoms with Crippen molar-refractivity contribution in [2.45, 2.75) is 20.5 Å². The van der Waals surface area contributed by atoms with Crippen LogP contribution in [0, 0.1) is 13.8 Å². The highest BCUT2D eigenvalue weighted by Crippen LogP contribution is 2.29. The Hall–Kier alpha value is -2.70. The Labute approximate surface area is 138 Å². The molecule has 2 rings (SSSR count). The molecule has 0 unspecified atom stereocenters. The Balaban J connectivity index is 2.25. The van der Waals surface area contributed by atoms with E-state index in [2.05, 4.69) is 9.84 Å². The van der Waals surface area contributed by atoms with Gasteiger partial charge >= 0.3 is 6.61 Å². The predicted octanol–water partition coefficient (Wildman–Crippen LogP) is 3.54. The van der Waals surface area contributed by atoms with E-state index >= 15 is 0 Å². The third-order valence-electron chi connectivity index (χ3n) is 3.63. The van der Waals surface area contributed by atoms with E-state index in [1.54, 1.807) is 10.8 Å². The van der Waals surface area contributed by atoms with Gasteiger partial charge in [0.1, 0.15) is 0 Å². The van der Waals surface area contributed by atoms with Crippen LogP contribution in [-0.2, 0) is 7.05 Å². The van der Waals surface area contributed by atoms with Crippen molar-refractivity contribution < 1.29 is 23.0 Å². The number of hydrogen-bond donors (Lipinski definition) is 0. The number of ketones is 1. The maximum absolute atomic E-state index is 12.3. The van der Waals surface area contributed by atoms with Gasteiger partial charge in [-0.05, 0) is 44.2 Å². The fraction of sp³-hybridized carbons (Fsp3) is 0.294. The van der Waals surface area contributed by atoms with Gasteiger partial charge in [0.25, 0.3) is 0 Å². The Morgan fingerprint density at radius 3 is 2.54 bits per heavy atom. The number of aryl methyl sites for hydroxylation is 2. The maximum Gasteiger partial charge on any atom is 0.387 e. The van der Waals surface area contributed by atoms with Crippen LogP contribution in [0.25, 0.3) is 6.08 Å². The summed E-state index contributed by atoms with van der Waals surface area (Å²) in [6, 6.07) is 4.07. The molecule has 1 aromatic heterocycles. The summed E-state index contributed by atoms with van der Waals surface area (Å²) in [4.78, 5) is 12.3. The molecule has 0 spiro atoms. The molecule has 5 nitrogen and oxygen atoms in total. The van der Waals surface area contributed by atoms with E-state index in [-0.39, 0.29) is 17.3 Å². The van der Waals surface area contributed by atoms with Gasteiger partial charge in [-0.15, -0.1) is 0 Å². The first-order valence-corrected chi connectivity index (χ1v) is 7.19. The molecular weight excluding hydrogens is 318 g/mol. The van der Waals surface area contributed by atoms with Crippen LogP contribution in [0.2, 0.25) is 0 Å². The van der Waals surface area contributed by atoms with E-state index < -0.39 is 6.61 Å². The van der Waals surface area contributed by atoms with Crippen molar-refractivity contribution in [3.63, 3.8) is 0 Å². The summed E-state index contributed by atoms with van der Waals surface area (Å²) in [6.45, 7) is 0.803. The Kier molecular flexibility index (Phi) is 5.33. The van der Waals surface area contributed by atoms with Gasteiger partial charge < -0.3 is 9.47 Å². The molecule has 0 bridgehead atoms. The number of nitrogens with zero attached hydrogens (tertiary/aromatic N) is 2. The normalized spacial score (nSPS) is 11.3. The smallest absolute Gasteiger partial charge is 0.387 e. The van der Waals surface area contributed by atoms with Crippen LogP contribution in [0.5, 0.6) is 11.5 Å². The predicted molar refractivity (Wildman–Crippen MR) is 85.7 cm³/mol. The summed E-state index contributed by atoms with van der Waals surface area (Å²) in [5.74, 6) is -0.324. The summed E-state index contributed by atoms with van der Waals surface area (Å²) in [7, 11) is 3.15. The van der Waals surface area contributed by atoms with E-state index in [1.807, 2.05) is 20.9 Å². The minimum Gasteiger partial charge on any atom is -0.493 e. The summed E-state index contributed by atoms with van der Waals surface area (Å²) in [5.41, 5.74) is 2.94. The molecule has 0 radical (unpaired) electrons. The lowest BCUT2D eigenvalue weighted by molar-refractivity contribution is -0.0512. The SMILES string of the molecule is COc1cc(C(=O)/C=C/c2c(C)nn(C)c2C)ccc1OC(F)F. The highest BCUT2D eigenvalue weighted by Gasteiger charge is 2.13. The molecule has 0 atom stereocenters. The third kappa shape index (κ3) is 3.79. The van der Waals surface area contributed by atoms with E-state index in [0.717, 1.165) is 17.0 Å². The highest BCUT2D eigenvalue weighted by molar-refractivity contribution is 6.07. The number of halogens is 2. The summed E-state index contributed by atoms with van der Waals surface area (Å²) in [5, 5.41) is 4.27. The first kappa shape index (κ1) is 17.7. The molecule has 0 amide bonds. The lowest BCUT2D eigenvalue weighted by Gasteiger charge is -2.10. The first-order chi connectivity index (χ1) is 11.3. The molecule has 0 aliphatic rings. The topological polar surface area (TPSA) is 53.3 Å². The molecule has 128 valence electrons. The van der Waals surface area contributed by atoms with Gasteiger partial charge in [-0.2, -0.15) is 13.9 Å². The number of carbonyl (C=O) groups is 1. The number of alkyl halides is 2. The van der Waals surface area contributed by atoms with Crippen molar-refractivity contribution in [2.24, 2.45) is 7.05 Å². The Morgan fingerprint density at radius 2 is 2.00 bits per heavy atom. The average Bonchev–Trinajstić information content (AvgIpc) is 2.77. The van der Waals surface area contributed by atoms with Crippen LogP contribution < -0.4 is 9.47 Å². The highest BCUT2D eigenvalue weighted by atomic mass is 19.3. The van der Waals surface area contributed by atoms with Gasteiger partial charge in [-0.25, -0.2) is 0 Å².